The number of H-pyrrole nitrogens is 1. The van der Waals surface area contributed by atoms with Crippen molar-refractivity contribution < 1.29 is 19.1 Å². The number of ketones is 1. The van der Waals surface area contributed by atoms with E-state index in [0.717, 1.165) is 10.8 Å². The fraction of sp³-hybridized carbons (Fsp3) is 0.238. The first-order valence-electron chi connectivity index (χ1n) is 8.52. The van der Waals surface area contributed by atoms with Gasteiger partial charge in [-0.25, -0.2) is 4.79 Å². The predicted molar refractivity (Wildman–Crippen MR) is 100.0 cm³/mol. The minimum Gasteiger partial charge on any atom is -0.485 e. The molecule has 0 saturated carbocycles. The first-order chi connectivity index (χ1) is 12.5. The number of hydrogen-bond donors (Lipinski definition) is 1. The van der Waals surface area contributed by atoms with E-state index in [2.05, 4.69) is 4.98 Å². The molecule has 0 radical (unpaired) electrons. The first-order valence-corrected chi connectivity index (χ1v) is 8.52. The van der Waals surface area contributed by atoms with Gasteiger partial charge in [-0.2, -0.15) is 0 Å². The summed E-state index contributed by atoms with van der Waals surface area (Å²) in [6.45, 7) is 5.41. The summed E-state index contributed by atoms with van der Waals surface area (Å²) in [5.74, 6) is -0.00819. The van der Waals surface area contributed by atoms with Gasteiger partial charge in [0, 0.05) is 5.69 Å². The molecule has 134 valence electrons. The number of ether oxygens (including phenoxy) is 2. The Morgan fingerprint density at radius 1 is 1.04 bits per heavy atom. The summed E-state index contributed by atoms with van der Waals surface area (Å²) in [5, 5.41) is 2.16. The van der Waals surface area contributed by atoms with Gasteiger partial charge in [0.25, 0.3) is 0 Å². The highest BCUT2D eigenvalue weighted by atomic mass is 16.5. The van der Waals surface area contributed by atoms with E-state index in [-0.39, 0.29) is 19.0 Å². The maximum Gasteiger partial charge on any atom is 0.340 e. The molecule has 1 heterocycles. The van der Waals surface area contributed by atoms with E-state index >= 15 is 0 Å². The fourth-order valence-corrected chi connectivity index (χ4v) is 3.02. The Bertz CT molecular complexity index is 971. The van der Waals surface area contributed by atoms with E-state index < -0.39 is 5.97 Å². The number of rotatable bonds is 6. The lowest BCUT2D eigenvalue weighted by molar-refractivity contribution is 0.0525. The van der Waals surface area contributed by atoms with Gasteiger partial charge in [0.05, 0.1) is 17.9 Å². The van der Waals surface area contributed by atoms with Crippen LogP contribution >= 0.6 is 0 Å². The molecule has 3 rings (SSSR count). The molecular weight excluding hydrogens is 330 g/mol. The standard InChI is InChI=1S/C21H21NO4/c1-4-25-21(24)19-13(2)20(22-14(19)3)18(23)12-26-17-10-9-15-7-5-6-8-16(15)11-17/h5-11,22H,4,12H2,1-3H3. The Hall–Kier alpha value is -3.08. The maximum atomic E-state index is 12.5. The van der Waals surface area contributed by atoms with Crippen molar-refractivity contribution in [2.75, 3.05) is 13.2 Å². The molecule has 1 N–H and O–H groups in total. The summed E-state index contributed by atoms with van der Waals surface area (Å²) >= 11 is 0. The Morgan fingerprint density at radius 3 is 2.50 bits per heavy atom. The third kappa shape index (κ3) is 3.47. The number of benzene rings is 2. The average molecular weight is 351 g/mol. The van der Waals surface area contributed by atoms with Crippen LogP contribution in [0.15, 0.2) is 42.5 Å². The Kier molecular flexibility index (Phi) is 5.07. The zero-order valence-electron chi connectivity index (χ0n) is 15.1. The molecule has 0 unspecified atom stereocenters. The lowest BCUT2D eigenvalue weighted by Crippen LogP contribution is -2.13. The molecule has 0 amide bonds. The van der Waals surface area contributed by atoms with Crippen molar-refractivity contribution in [3.8, 4) is 5.75 Å². The summed E-state index contributed by atoms with van der Waals surface area (Å²) in [6, 6.07) is 13.6. The van der Waals surface area contributed by atoms with Crippen LogP contribution in [0.3, 0.4) is 0 Å². The van der Waals surface area contributed by atoms with Gasteiger partial charge in [0.15, 0.2) is 6.61 Å². The summed E-state index contributed by atoms with van der Waals surface area (Å²) < 4.78 is 10.7. The van der Waals surface area contributed by atoms with Gasteiger partial charge in [-0.3, -0.25) is 4.79 Å². The number of aromatic nitrogens is 1. The van der Waals surface area contributed by atoms with Crippen molar-refractivity contribution in [3.63, 3.8) is 0 Å². The highest BCUT2D eigenvalue weighted by Crippen LogP contribution is 2.22. The van der Waals surface area contributed by atoms with Crippen LogP contribution in [0.2, 0.25) is 0 Å². The second kappa shape index (κ2) is 7.44. The number of carbonyl (C=O) groups excluding carboxylic acids is 2. The van der Waals surface area contributed by atoms with Crippen molar-refractivity contribution in [2.45, 2.75) is 20.8 Å². The number of aromatic amines is 1. The summed E-state index contributed by atoms with van der Waals surface area (Å²) in [5.41, 5.74) is 2.01. The number of carbonyl (C=O) groups is 2. The van der Waals surface area contributed by atoms with Crippen LogP contribution in [0.5, 0.6) is 5.75 Å². The number of esters is 1. The number of hydrogen-bond acceptors (Lipinski definition) is 4. The third-order valence-corrected chi connectivity index (χ3v) is 4.29. The second-order valence-electron chi connectivity index (χ2n) is 6.07. The number of aryl methyl sites for hydroxylation is 1. The topological polar surface area (TPSA) is 68.4 Å². The highest BCUT2D eigenvalue weighted by molar-refractivity contribution is 6.02. The minimum absolute atomic E-state index is 0.110. The van der Waals surface area contributed by atoms with E-state index in [1.807, 2.05) is 42.5 Å². The molecule has 0 spiro atoms. The molecule has 0 atom stereocenters. The third-order valence-electron chi connectivity index (χ3n) is 4.29. The molecule has 5 nitrogen and oxygen atoms in total. The molecular formula is C21H21NO4. The molecule has 26 heavy (non-hydrogen) atoms. The smallest absolute Gasteiger partial charge is 0.340 e. The maximum absolute atomic E-state index is 12.5. The van der Waals surface area contributed by atoms with E-state index in [0.29, 0.717) is 28.3 Å². The van der Waals surface area contributed by atoms with Crippen LogP contribution in [0, 0.1) is 13.8 Å². The minimum atomic E-state index is -0.423. The predicted octanol–water partition coefficient (Wildman–Crippen LogP) is 4.22. The molecule has 0 aliphatic heterocycles. The van der Waals surface area contributed by atoms with Gasteiger partial charge in [0.1, 0.15) is 5.75 Å². The van der Waals surface area contributed by atoms with Gasteiger partial charge >= 0.3 is 5.97 Å². The van der Waals surface area contributed by atoms with Crippen LogP contribution in [-0.4, -0.2) is 30.0 Å². The number of Topliss-reactive ketones (excluding diaryl/α,β-unsaturated/α-hetero) is 1. The van der Waals surface area contributed by atoms with Gasteiger partial charge in [-0.05, 0) is 49.2 Å². The fourth-order valence-electron chi connectivity index (χ4n) is 3.02. The molecule has 5 heteroatoms. The highest BCUT2D eigenvalue weighted by Gasteiger charge is 2.23. The monoisotopic (exact) mass is 351 g/mol. The van der Waals surface area contributed by atoms with Gasteiger partial charge in [0.2, 0.25) is 5.78 Å². The SMILES string of the molecule is CCOC(=O)c1c(C)[nH]c(C(=O)COc2ccc3ccccc3c2)c1C. The lowest BCUT2D eigenvalue weighted by atomic mass is 10.1. The Balaban J connectivity index is 1.75. The van der Waals surface area contributed by atoms with Crippen molar-refractivity contribution >= 4 is 22.5 Å². The van der Waals surface area contributed by atoms with Crippen LogP contribution in [0.1, 0.15) is 39.0 Å². The van der Waals surface area contributed by atoms with Gasteiger partial charge in [-0.15, -0.1) is 0 Å². The summed E-state index contributed by atoms with van der Waals surface area (Å²) in [7, 11) is 0. The molecule has 3 aromatic rings. The summed E-state index contributed by atoms with van der Waals surface area (Å²) in [4.78, 5) is 27.6. The molecule has 0 bridgehead atoms. The first kappa shape index (κ1) is 17.7. The molecule has 0 aliphatic carbocycles. The quantitative estimate of drug-likeness (QED) is 0.533. The number of nitrogens with one attached hydrogen (secondary N) is 1. The molecule has 0 saturated heterocycles. The second-order valence-corrected chi connectivity index (χ2v) is 6.07. The Labute approximate surface area is 151 Å². The molecule has 2 aromatic carbocycles. The van der Waals surface area contributed by atoms with Crippen LogP contribution in [-0.2, 0) is 4.74 Å². The Morgan fingerprint density at radius 2 is 1.77 bits per heavy atom. The lowest BCUT2D eigenvalue weighted by Gasteiger charge is -2.07. The van der Waals surface area contributed by atoms with Crippen LogP contribution in [0.25, 0.3) is 10.8 Å². The van der Waals surface area contributed by atoms with Crippen LogP contribution in [0.4, 0.5) is 0 Å². The zero-order chi connectivity index (χ0) is 18.7. The van der Waals surface area contributed by atoms with Gasteiger partial charge in [-0.1, -0.05) is 30.3 Å². The number of fused-ring (bicyclic) bond motifs is 1. The zero-order valence-corrected chi connectivity index (χ0v) is 15.1. The van der Waals surface area contributed by atoms with Crippen molar-refractivity contribution in [3.05, 3.63) is 65.0 Å². The molecule has 1 aromatic heterocycles. The van der Waals surface area contributed by atoms with E-state index in [4.69, 9.17) is 9.47 Å². The van der Waals surface area contributed by atoms with Crippen molar-refractivity contribution in [1.29, 1.82) is 0 Å². The van der Waals surface area contributed by atoms with Crippen molar-refractivity contribution in [2.24, 2.45) is 0 Å². The normalized spacial score (nSPS) is 10.7. The average Bonchev–Trinajstić information content (AvgIpc) is 2.94. The van der Waals surface area contributed by atoms with Crippen molar-refractivity contribution in [1.82, 2.24) is 4.98 Å². The van der Waals surface area contributed by atoms with Crippen LogP contribution < -0.4 is 4.74 Å². The molecule has 0 aliphatic rings. The largest absolute Gasteiger partial charge is 0.485 e. The van der Waals surface area contributed by atoms with Gasteiger partial charge < -0.3 is 14.5 Å². The van der Waals surface area contributed by atoms with E-state index in [1.54, 1.807) is 20.8 Å². The van der Waals surface area contributed by atoms with E-state index in [1.165, 1.54) is 0 Å². The van der Waals surface area contributed by atoms with E-state index in [9.17, 15) is 9.59 Å². The summed E-state index contributed by atoms with van der Waals surface area (Å²) in [6.07, 6.45) is 0. The molecule has 0 fully saturated rings.